The van der Waals surface area contributed by atoms with Gasteiger partial charge in [-0.3, -0.25) is 4.68 Å². The van der Waals surface area contributed by atoms with Crippen LogP contribution in [0.1, 0.15) is 26.3 Å². The molecule has 0 aliphatic carbocycles. The van der Waals surface area contributed by atoms with Gasteiger partial charge in [0.25, 0.3) is 6.43 Å². The fourth-order valence-corrected chi connectivity index (χ4v) is 0.992. The van der Waals surface area contributed by atoms with Gasteiger partial charge in [0.15, 0.2) is 0 Å². The molecule has 0 saturated carbocycles. The summed E-state index contributed by atoms with van der Waals surface area (Å²) >= 11 is 0. The van der Waals surface area contributed by atoms with Crippen molar-refractivity contribution in [2.45, 2.75) is 39.2 Å². The van der Waals surface area contributed by atoms with Crippen molar-refractivity contribution in [3.8, 4) is 0 Å². The Morgan fingerprint density at radius 2 is 2.08 bits per heavy atom. The van der Waals surface area contributed by atoms with Crippen LogP contribution in [0.15, 0.2) is 12.4 Å². The summed E-state index contributed by atoms with van der Waals surface area (Å²) in [5.41, 5.74) is 0.952. The van der Waals surface area contributed by atoms with Crippen molar-refractivity contribution in [3.63, 3.8) is 0 Å². The summed E-state index contributed by atoms with van der Waals surface area (Å²) in [7, 11) is 0. The fraction of sp³-hybridized carbons (Fsp3) is 0.667. The van der Waals surface area contributed by atoms with Crippen molar-refractivity contribution in [2.24, 2.45) is 0 Å². The van der Waals surface area contributed by atoms with Crippen LogP contribution in [0.5, 0.6) is 0 Å². The van der Waals surface area contributed by atoms with Gasteiger partial charge in [0, 0.05) is 6.20 Å². The van der Waals surface area contributed by atoms with Crippen molar-refractivity contribution < 1.29 is 8.78 Å². The standard InChI is InChI=1S/C9H14F2N2/c1-9(2,3)7-4-12-13(5-7)6-8(10)11/h4-5,8H,6H2,1-3H3. The van der Waals surface area contributed by atoms with E-state index < -0.39 is 6.43 Å². The molecule has 0 aromatic carbocycles. The molecule has 0 spiro atoms. The van der Waals surface area contributed by atoms with Crippen LogP contribution in [0.3, 0.4) is 0 Å². The van der Waals surface area contributed by atoms with Gasteiger partial charge in [-0.25, -0.2) is 8.78 Å². The number of aromatic nitrogens is 2. The Hall–Kier alpha value is -0.930. The third-order valence-corrected chi connectivity index (χ3v) is 1.82. The largest absolute Gasteiger partial charge is 0.267 e. The minimum atomic E-state index is -2.34. The van der Waals surface area contributed by atoms with E-state index >= 15 is 0 Å². The number of hydrogen-bond acceptors (Lipinski definition) is 1. The normalized spacial score (nSPS) is 12.5. The summed E-state index contributed by atoms with van der Waals surface area (Å²) in [6, 6.07) is 0. The molecule has 2 nitrogen and oxygen atoms in total. The van der Waals surface area contributed by atoms with E-state index in [-0.39, 0.29) is 12.0 Å². The molecule has 4 heteroatoms. The van der Waals surface area contributed by atoms with Crippen LogP contribution >= 0.6 is 0 Å². The van der Waals surface area contributed by atoms with Crippen molar-refractivity contribution in [2.75, 3.05) is 0 Å². The maximum absolute atomic E-state index is 12.0. The quantitative estimate of drug-likeness (QED) is 0.697. The lowest BCUT2D eigenvalue weighted by Gasteiger charge is -2.14. The van der Waals surface area contributed by atoms with E-state index in [9.17, 15) is 8.78 Å². The number of hydrogen-bond donors (Lipinski definition) is 0. The van der Waals surface area contributed by atoms with Crippen LogP contribution in [-0.2, 0) is 12.0 Å². The minimum absolute atomic E-state index is 0.0274. The van der Waals surface area contributed by atoms with Gasteiger partial charge in [0.05, 0.1) is 6.20 Å². The highest BCUT2D eigenvalue weighted by Crippen LogP contribution is 2.21. The Morgan fingerprint density at radius 1 is 1.46 bits per heavy atom. The summed E-state index contributed by atoms with van der Waals surface area (Å²) in [5, 5.41) is 3.86. The number of rotatable bonds is 2. The van der Waals surface area contributed by atoms with Gasteiger partial charge in [-0.1, -0.05) is 20.8 Å². The van der Waals surface area contributed by atoms with E-state index in [2.05, 4.69) is 5.10 Å². The first-order chi connectivity index (χ1) is 5.89. The van der Waals surface area contributed by atoms with E-state index in [4.69, 9.17) is 0 Å². The summed E-state index contributed by atoms with van der Waals surface area (Å²) in [5.74, 6) is 0. The monoisotopic (exact) mass is 188 g/mol. The van der Waals surface area contributed by atoms with E-state index in [1.807, 2.05) is 20.8 Å². The molecule has 0 atom stereocenters. The molecule has 1 heterocycles. The number of alkyl halides is 2. The molecule has 0 N–H and O–H groups in total. The van der Waals surface area contributed by atoms with E-state index in [0.29, 0.717) is 0 Å². The molecule has 1 rings (SSSR count). The molecule has 0 saturated heterocycles. The Labute approximate surface area is 76.6 Å². The van der Waals surface area contributed by atoms with Gasteiger partial charge in [0.2, 0.25) is 0 Å². The lowest BCUT2D eigenvalue weighted by atomic mass is 9.90. The summed E-state index contributed by atoms with van der Waals surface area (Å²) < 4.78 is 25.2. The molecule has 0 unspecified atom stereocenters. The molecular weight excluding hydrogens is 174 g/mol. The van der Waals surface area contributed by atoms with Crippen LogP contribution in [-0.4, -0.2) is 16.2 Å². The van der Waals surface area contributed by atoms with Gasteiger partial charge < -0.3 is 0 Å². The molecule has 0 amide bonds. The second kappa shape index (κ2) is 3.44. The number of halogens is 2. The van der Waals surface area contributed by atoms with Crippen LogP contribution in [0, 0.1) is 0 Å². The van der Waals surface area contributed by atoms with Gasteiger partial charge in [-0.15, -0.1) is 0 Å². The van der Waals surface area contributed by atoms with Crippen molar-refractivity contribution in [1.29, 1.82) is 0 Å². The average molecular weight is 188 g/mol. The van der Waals surface area contributed by atoms with Gasteiger partial charge in [-0.05, 0) is 11.0 Å². The van der Waals surface area contributed by atoms with Gasteiger partial charge >= 0.3 is 0 Å². The van der Waals surface area contributed by atoms with Crippen LogP contribution in [0.4, 0.5) is 8.78 Å². The lowest BCUT2D eigenvalue weighted by Crippen LogP contribution is -2.10. The van der Waals surface area contributed by atoms with E-state index in [1.54, 1.807) is 12.4 Å². The Kier molecular flexibility index (Phi) is 2.68. The maximum Gasteiger partial charge on any atom is 0.257 e. The Balaban J connectivity index is 2.75. The zero-order valence-corrected chi connectivity index (χ0v) is 8.09. The lowest BCUT2D eigenvalue weighted by molar-refractivity contribution is 0.121. The molecular formula is C9H14F2N2. The molecule has 0 aliphatic heterocycles. The molecule has 0 aliphatic rings. The van der Waals surface area contributed by atoms with Crippen LogP contribution in [0.25, 0.3) is 0 Å². The van der Waals surface area contributed by atoms with Gasteiger partial charge in [0.1, 0.15) is 6.54 Å². The Morgan fingerprint density at radius 3 is 2.46 bits per heavy atom. The first kappa shape index (κ1) is 10.2. The second-order valence-corrected chi connectivity index (χ2v) is 4.09. The van der Waals surface area contributed by atoms with Crippen LogP contribution < -0.4 is 0 Å². The second-order valence-electron chi connectivity index (χ2n) is 4.09. The molecule has 1 aromatic rings. The predicted octanol–water partition coefficient (Wildman–Crippen LogP) is 2.45. The maximum atomic E-state index is 12.0. The van der Waals surface area contributed by atoms with Crippen molar-refractivity contribution in [3.05, 3.63) is 18.0 Å². The highest BCUT2D eigenvalue weighted by atomic mass is 19.3. The molecule has 1 aromatic heterocycles. The molecule has 0 bridgehead atoms. The zero-order chi connectivity index (χ0) is 10.1. The van der Waals surface area contributed by atoms with Gasteiger partial charge in [-0.2, -0.15) is 5.10 Å². The average Bonchev–Trinajstić information content (AvgIpc) is 2.32. The minimum Gasteiger partial charge on any atom is -0.267 e. The predicted molar refractivity (Wildman–Crippen MR) is 46.9 cm³/mol. The van der Waals surface area contributed by atoms with Crippen molar-refractivity contribution >= 4 is 0 Å². The first-order valence-electron chi connectivity index (χ1n) is 4.20. The highest BCUT2D eigenvalue weighted by Gasteiger charge is 2.16. The SMILES string of the molecule is CC(C)(C)c1cnn(CC(F)F)c1. The summed E-state index contributed by atoms with van der Waals surface area (Å²) in [4.78, 5) is 0. The smallest absolute Gasteiger partial charge is 0.257 e. The first-order valence-corrected chi connectivity index (χ1v) is 4.20. The van der Waals surface area contributed by atoms with E-state index in [0.717, 1.165) is 5.56 Å². The third-order valence-electron chi connectivity index (χ3n) is 1.82. The third kappa shape index (κ3) is 2.79. The topological polar surface area (TPSA) is 17.8 Å². The fourth-order valence-electron chi connectivity index (χ4n) is 0.992. The molecule has 0 fully saturated rings. The number of nitrogens with zero attached hydrogens (tertiary/aromatic N) is 2. The van der Waals surface area contributed by atoms with E-state index in [1.165, 1.54) is 4.68 Å². The highest BCUT2D eigenvalue weighted by molar-refractivity contribution is 5.14. The molecule has 13 heavy (non-hydrogen) atoms. The van der Waals surface area contributed by atoms with Crippen molar-refractivity contribution in [1.82, 2.24) is 9.78 Å². The zero-order valence-electron chi connectivity index (χ0n) is 8.09. The summed E-state index contributed by atoms with van der Waals surface area (Å²) in [6.07, 6.45) is 0.974. The summed E-state index contributed by atoms with van der Waals surface area (Å²) in [6.45, 7) is 5.75. The Bertz CT molecular complexity index is 273. The molecule has 74 valence electrons. The van der Waals surface area contributed by atoms with Crippen LogP contribution in [0.2, 0.25) is 0 Å². The molecule has 0 radical (unpaired) electrons.